The maximum Gasteiger partial charge on any atom is 0.325 e. The molecule has 2 N–H and O–H groups in total. The minimum absolute atomic E-state index is 0.169. The summed E-state index contributed by atoms with van der Waals surface area (Å²) >= 11 is 0. The van der Waals surface area contributed by atoms with Gasteiger partial charge in [-0.05, 0) is 43.2 Å². The molecule has 0 spiro atoms. The molecule has 2 aliphatic rings. The fraction of sp³-hybridized carbons (Fsp3) is 0.348. The second kappa shape index (κ2) is 7.70. The van der Waals surface area contributed by atoms with Crippen molar-refractivity contribution in [3.8, 4) is 0 Å². The molecule has 1 saturated carbocycles. The molecule has 2 unspecified atom stereocenters. The van der Waals surface area contributed by atoms with E-state index in [4.69, 9.17) is 0 Å². The average Bonchev–Trinajstić information content (AvgIpc) is 3.55. The van der Waals surface area contributed by atoms with Crippen molar-refractivity contribution in [2.45, 2.75) is 37.8 Å². The number of hydrogen-bond donors (Lipinski definition) is 2. The topological polar surface area (TPSA) is 78.5 Å². The number of imide groups is 1. The Morgan fingerprint density at radius 1 is 1.10 bits per heavy atom. The van der Waals surface area contributed by atoms with Gasteiger partial charge < -0.3 is 10.6 Å². The van der Waals surface area contributed by atoms with Crippen molar-refractivity contribution in [1.29, 1.82) is 0 Å². The van der Waals surface area contributed by atoms with Crippen molar-refractivity contribution in [2.24, 2.45) is 5.92 Å². The molecule has 4 rings (SSSR count). The molecule has 6 nitrogen and oxygen atoms in total. The zero-order valence-electron chi connectivity index (χ0n) is 16.4. The lowest BCUT2D eigenvalue weighted by Crippen LogP contribution is -2.47. The van der Waals surface area contributed by atoms with Crippen LogP contribution in [0, 0.1) is 5.92 Å². The second-order valence-corrected chi connectivity index (χ2v) is 8.02. The van der Waals surface area contributed by atoms with Gasteiger partial charge in [-0.3, -0.25) is 14.5 Å². The van der Waals surface area contributed by atoms with Crippen molar-refractivity contribution in [3.63, 3.8) is 0 Å². The molecule has 0 aromatic heterocycles. The highest BCUT2D eigenvalue weighted by Crippen LogP contribution is 2.42. The van der Waals surface area contributed by atoms with Crippen LogP contribution in [0.25, 0.3) is 0 Å². The summed E-state index contributed by atoms with van der Waals surface area (Å²) in [6.45, 7) is 1.48. The average molecular weight is 391 g/mol. The maximum atomic E-state index is 12.8. The Morgan fingerprint density at radius 3 is 2.34 bits per heavy atom. The van der Waals surface area contributed by atoms with Crippen LogP contribution >= 0.6 is 0 Å². The van der Waals surface area contributed by atoms with Crippen molar-refractivity contribution < 1.29 is 14.4 Å². The SMILES string of the molecule is CC1(C2CC2)NC(=O)N(CC(=O)NC(Cc2ccccc2)c2ccccc2)C1=O. The number of amides is 4. The fourth-order valence-corrected chi connectivity index (χ4v) is 3.97. The van der Waals surface area contributed by atoms with Gasteiger partial charge in [-0.25, -0.2) is 4.79 Å². The normalized spacial score (nSPS) is 22.3. The highest BCUT2D eigenvalue weighted by molar-refractivity contribution is 6.09. The van der Waals surface area contributed by atoms with Gasteiger partial charge in [0.15, 0.2) is 0 Å². The first-order valence-electron chi connectivity index (χ1n) is 10.00. The Hall–Kier alpha value is -3.15. The van der Waals surface area contributed by atoms with Crippen LogP contribution in [0.4, 0.5) is 4.79 Å². The molecule has 0 radical (unpaired) electrons. The van der Waals surface area contributed by atoms with E-state index in [-0.39, 0.29) is 30.3 Å². The van der Waals surface area contributed by atoms with Crippen molar-refractivity contribution in [2.75, 3.05) is 6.54 Å². The Balaban J connectivity index is 1.47. The third-order valence-electron chi connectivity index (χ3n) is 5.82. The van der Waals surface area contributed by atoms with E-state index >= 15 is 0 Å². The first-order valence-corrected chi connectivity index (χ1v) is 10.00. The van der Waals surface area contributed by atoms with Gasteiger partial charge in [-0.15, -0.1) is 0 Å². The first-order chi connectivity index (χ1) is 14.0. The molecule has 2 fully saturated rings. The Labute approximate surface area is 170 Å². The molecule has 2 aromatic rings. The molecule has 1 aliphatic carbocycles. The number of hydrogen-bond acceptors (Lipinski definition) is 3. The summed E-state index contributed by atoms with van der Waals surface area (Å²) in [5.74, 6) is -0.486. The molecule has 1 aliphatic heterocycles. The van der Waals surface area contributed by atoms with Gasteiger partial charge in [0.25, 0.3) is 5.91 Å². The van der Waals surface area contributed by atoms with E-state index in [9.17, 15) is 14.4 Å². The molecular weight excluding hydrogens is 366 g/mol. The lowest BCUT2D eigenvalue weighted by Gasteiger charge is -2.22. The van der Waals surface area contributed by atoms with Crippen LogP contribution in [0.3, 0.4) is 0 Å². The lowest BCUT2D eigenvalue weighted by molar-refractivity contribution is -0.135. The van der Waals surface area contributed by atoms with Crippen LogP contribution in [-0.4, -0.2) is 34.8 Å². The molecule has 4 amide bonds. The van der Waals surface area contributed by atoms with Crippen LogP contribution in [-0.2, 0) is 16.0 Å². The number of benzene rings is 2. The largest absolute Gasteiger partial charge is 0.347 e. The summed E-state index contributed by atoms with van der Waals surface area (Å²) in [6, 6.07) is 18.9. The molecule has 0 bridgehead atoms. The lowest BCUT2D eigenvalue weighted by atomic mass is 9.96. The summed E-state index contributed by atoms with van der Waals surface area (Å²) in [5, 5.41) is 5.79. The highest BCUT2D eigenvalue weighted by Gasteiger charge is 2.56. The summed E-state index contributed by atoms with van der Waals surface area (Å²) in [6.07, 6.45) is 2.47. The number of urea groups is 1. The van der Waals surface area contributed by atoms with Crippen molar-refractivity contribution in [1.82, 2.24) is 15.5 Å². The van der Waals surface area contributed by atoms with E-state index in [0.717, 1.165) is 28.9 Å². The third kappa shape index (κ3) is 4.01. The third-order valence-corrected chi connectivity index (χ3v) is 5.82. The van der Waals surface area contributed by atoms with Crippen LogP contribution in [0.2, 0.25) is 0 Å². The maximum absolute atomic E-state index is 12.8. The van der Waals surface area contributed by atoms with Gasteiger partial charge in [-0.1, -0.05) is 60.7 Å². The monoisotopic (exact) mass is 391 g/mol. The van der Waals surface area contributed by atoms with Gasteiger partial charge in [0, 0.05) is 0 Å². The zero-order valence-corrected chi connectivity index (χ0v) is 16.4. The van der Waals surface area contributed by atoms with E-state index in [1.807, 2.05) is 60.7 Å². The fourth-order valence-electron chi connectivity index (χ4n) is 3.97. The number of carbonyl (C=O) groups is 3. The van der Waals surface area contributed by atoms with Gasteiger partial charge >= 0.3 is 6.03 Å². The molecular formula is C23H25N3O3. The summed E-state index contributed by atoms with van der Waals surface area (Å²) in [4.78, 5) is 38.9. The molecule has 1 heterocycles. The molecule has 2 aromatic carbocycles. The van der Waals surface area contributed by atoms with E-state index in [1.54, 1.807) is 6.92 Å². The van der Waals surface area contributed by atoms with Gasteiger partial charge in [0.2, 0.25) is 5.91 Å². The predicted molar refractivity (Wildman–Crippen MR) is 109 cm³/mol. The number of rotatable bonds is 7. The molecule has 150 valence electrons. The smallest absolute Gasteiger partial charge is 0.325 e. The van der Waals surface area contributed by atoms with Crippen LogP contribution in [0.5, 0.6) is 0 Å². The van der Waals surface area contributed by atoms with Gasteiger partial charge in [-0.2, -0.15) is 0 Å². The summed E-state index contributed by atoms with van der Waals surface area (Å²) in [7, 11) is 0. The molecule has 29 heavy (non-hydrogen) atoms. The highest BCUT2D eigenvalue weighted by atomic mass is 16.2. The Bertz CT molecular complexity index is 911. The molecule has 2 atom stereocenters. The van der Waals surface area contributed by atoms with Gasteiger partial charge in [0.05, 0.1) is 6.04 Å². The van der Waals surface area contributed by atoms with Crippen molar-refractivity contribution in [3.05, 3.63) is 71.8 Å². The molecule has 6 heteroatoms. The predicted octanol–water partition coefficient (Wildman–Crippen LogP) is 2.81. The standard InChI is InChI=1S/C23H25N3O3/c1-23(18-12-13-18)21(28)26(22(29)25-23)15-20(27)24-19(17-10-6-3-7-11-17)14-16-8-4-2-5-9-16/h2-11,18-19H,12-15H2,1H3,(H,24,27)(H,25,29). The number of carbonyl (C=O) groups excluding carboxylic acids is 3. The zero-order chi connectivity index (χ0) is 20.4. The second-order valence-electron chi connectivity index (χ2n) is 8.02. The summed E-state index contributed by atoms with van der Waals surface area (Å²) in [5.41, 5.74) is 1.20. The van der Waals surface area contributed by atoms with Crippen LogP contribution in [0.15, 0.2) is 60.7 Å². The van der Waals surface area contributed by atoms with Crippen LogP contribution in [0.1, 0.15) is 36.9 Å². The quantitative estimate of drug-likeness (QED) is 0.713. The van der Waals surface area contributed by atoms with Crippen molar-refractivity contribution >= 4 is 17.8 Å². The number of nitrogens with one attached hydrogen (secondary N) is 2. The number of nitrogens with zero attached hydrogens (tertiary/aromatic N) is 1. The Morgan fingerprint density at radius 2 is 1.72 bits per heavy atom. The van der Waals surface area contributed by atoms with E-state index in [0.29, 0.717) is 6.42 Å². The first kappa shape index (κ1) is 19.2. The Kier molecular flexibility index (Phi) is 5.09. The molecule has 1 saturated heterocycles. The van der Waals surface area contributed by atoms with E-state index in [2.05, 4.69) is 10.6 Å². The minimum Gasteiger partial charge on any atom is -0.347 e. The minimum atomic E-state index is -0.875. The van der Waals surface area contributed by atoms with E-state index in [1.165, 1.54) is 0 Å². The summed E-state index contributed by atoms with van der Waals surface area (Å²) < 4.78 is 0. The van der Waals surface area contributed by atoms with Gasteiger partial charge in [0.1, 0.15) is 12.1 Å². The van der Waals surface area contributed by atoms with Crippen LogP contribution < -0.4 is 10.6 Å². The van der Waals surface area contributed by atoms with E-state index < -0.39 is 11.6 Å².